The lowest BCUT2D eigenvalue weighted by Crippen LogP contribution is -2.42. The van der Waals surface area contributed by atoms with Crippen molar-refractivity contribution in [3.63, 3.8) is 0 Å². The van der Waals surface area contributed by atoms with E-state index in [1.54, 1.807) is 0 Å². The molecule has 0 radical (unpaired) electrons. The molecule has 1 saturated heterocycles. The molecule has 1 fully saturated rings. The lowest BCUT2D eigenvalue weighted by Gasteiger charge is -2.24. The van der Waals surface area contributed by atoms with Crippen LogP contribution >= 0.6 is 0 Å². The van der Waals surface area contributed by atoms with E-state index in [2.05, 4.69) is 36.2 Å². The van der Waals surface area contributed by atoms with Gasteiger partial charge in [-0.2, -0.15) is 0 Å². The standard InChI is InChI=1S/C20H24N4O/c1-14-2-4-16(5-3-14)13-24-18(10-11-19(24)25)20(22)23-12-15-6-8-17(21)9-7-15/h2-9,18H,10-13,21H2,1H3,(H2,22,23)/t18-/m0/s1. The number of aryl methyl sites for hydroxylation is 1. The van der Waals surface area contributed by atoms with Crippen molar-refractivity contribution in [1.82, 2.24) is 4.90 Å². The smallest absolute Gasteiger partial charge is 0.223 e. The van der Waals surface area contributed by atoms with Gasteiger partial charge < -0.3 is 16.4 Å². The van der Waals surface area contributed by atoms with Crippen LogP contribution in [0.1, 0.15) is 29.5 Å². The number of nitrogens with zero attached hydrogens (tertiary/aromatic N) is 2. The van der Waals surface area contributed by atoms with E-state index in [0.29, 0.717) is 25.3 Å². The number of nitrogens with two attached hydrogens (primary N) is 2. The van der Waals surface area contributed by atoms with Crippen LogP contribution in [0.15, 0.2) is 53.5 Å². The van der Waals surface area contributed by atoms with Crippen LogP contribution < -0.4 is 11.5 Å². The Balaban J connectivity index is 1.70. The summed E-state index contributed by atoms with van der Waals surface area (Å²) in [6, 6.07) is 15.7. The molecule has 0 spiro atoms. The summed E-state index contributed by atoms with van der Waals surface area (Å²) in [5.41, 5.74) is 16.0. The van der Waals surface area contributed by atoms with Crippen LogP contribution in [0.3, 0.4) is 0 Å². The van der Waals surface area contributed by atoms with Crippen molar-refractivity contribution in [3.8, 4) is 0 Å². The number of aliphatic imine (C=N–C) groups is 1. The molecule has 0 saturated carbocycles. The Morgan fingerprint density at radius 1 is 1.12 bits per heavy atom. The third-order valence-electron chi connectivity index (χ3n) is 4.57. The molecule has 0 unspecified atom stereocenters. The Bertz CT molecular complexity index is 765. The second-order valence-electron chi connectivity index (χ2n) is 6.54. The topological polar surface area (TPSA) is 84.7 Å². The van der Waals surface area contributed by atoms with E-state index in [-0.39, 0.29) is 11.9 Å². The van der Waals surface area contributed by atoms with Crippen molar-refractivity contribution in [2.24, 2.45) is 10.7 Å². The summed E-state index contributed by atoms with van der Waals surface area (Å²) in [4.78, 5) is 18.6. The molecule has 1 amide bonds. The molecule has 3 rings (SSSR count). The summed E-state index contributed by atoms with van der Waals surface area (Å²) in [6.45, 7) is 3.12. The van der Waals surface area contributed by atoms with E-state index in [1.807, 2.05) is 29.2 Å². The molecule has 2 aromatic rings. The molecule has 130 valence electrons. The molecule has 1 aliphatic rings. The van der Waals surface area contributed by atoms with Gasteiger partial charge in [0.1, 0.15) is 5.84 Å². The number of hydrogen-bond donors (Lipinski definition) is 2. The van der Waals surface area contributed by atoms with Gasteiger partial charge in [0.05, 0.1) is 12.6 Å². The van der Waals surface area contributed by atoms with Gasteiger partial charge in [0.25, 0.3) is 0 Å². The van der Waals surface area contributed by atoms with Crippen molar-refractivity contribution in [3.05, 3.63) is 65.2 Å². The lowest BCUT2D eigenvalue weighted by molar-refractivity contribution is -0.128. The van der Waals surface area contributed by atoms with Crippen LogP contribution in [0.2, 0.25) is 0 Å². The number of nitrogen functional groups attached to an aromatic ring is 1. The second-order valence-corrected chi connectivity index (χ2v) is 6.54. The van der Waals surface area contributed by atoms with E-state index >= 15 is 0 Å². The third kappa shape index (κ3) is 4.18. The van der Waals surface area contributed by atoms with Crippen molar-refractivity contribution in [2.45, 2.75) is 38.9 Å². The van der Waals surface area contributed by atoms with E-state index in [4.69, 9.17) is 11.5 Å². The number of amidine groups is 1. The minimum absolute atomic E-state index is 0.123. The van der Waals surface area contributed by atoms with Crippen LogP contribution in [0, 0.1) is 6.92 Å². The maximum absolute atomic E-state index is 12.3. The Kier molecular flexibility index (Phi) is 5.03. The van der Waals surface area contributed by atoms with Gasteiger partial charge >= 0.3 is 0 Å². The lowest BCUT2D eigenvalue weighted by atomic mass is 10.1. The first kappa shape index (κ1) is 17.0. The minimum atomic E-state index is -0.123. The van der Waals surface area contributed by atoms with Gasteiger partial charge in [-0.1, -0.05) is 42.0 Å². The largest absolute Gasteiger partial charge is 0.399 e. The van der Waals surface area contributed by atoms with Crippen LogP contribution in [0.4, 0.5) is 5.69 Å². The summed E-state index contributed by atoms with van der Waals surface area (Å²) in [7, 11) is 0. The summed E-state index contributed by atoms with van der Waals surface area (Å²) in [5, 5.41) is 0. The van der Waals surface area contributed by atoms with E-state index in [9.17, 15) is 4.79 Å². The van der Waals surface area contributed by atoms with Gasteiger partial charge in [0.15, 0.2) is 0 Å². The number of amides is 1. The number of hydrogen-bond acceptors (Lipinski definition) is 3. The van der Waals surface area contributed by atoms with Crippen LogP contribution in [-0.2, 0) is 17.9 Å². The first-order valence-corrected chi connectivity index (χ1v) is 8.52. The molecule has 0 bridgehead atoms. The number of anilines is 1. The van der Waals surface area contributed by atoms with Gasteiger partial charge in [0, 0.05) is 18.7 Å². The zero-order valence-corrected chi connectivity index (χ0v) is 14.5. The molecule has 1 aliphatic heterocycles. The van der Waals surface area contributed by atoms with Crippen molar-refractivity contribution in [2.75, 3.05) is 5.73 Å². The van der Waals surface area contributed by atoms with Crippen LogP contribution in [-0.4, -0.2) is 22.7 Å². The van der Waals surface area contributed by atoms with E-state index in [1.165, 1.54) is 5.56 Å². The zero-order valence-electron chi connectivity index (χ0n) is 14.5. The maximum atomic E-state index is 12.3. The van der Waals surface area contributed by atoms with Crippen molar-refractivity contribution < 1.29 is 4.79 Å². The number of rotatable bonds is 5. The minimum Gasteiger partial charge on any atom is -0.399 e. The number of benzene rings is 2. The summed E-state index contributed by atoms with van der Waals surface area (Å²) in [5.74, 6) is 0.658. The fourth-order valence-corrected chi connectivity index (χ4v) is 3.04. The fourth-order valence-electron chi connectivity index (χ4n) is 3.04. The molecular formula is C20H24N4O. The van der Waals surface area contributed by atoms with E-state index in [0.717, 1.165) is 23.2 Å². The predicted molar refractivity (Wildman–Crippen MR) is 101 cm³/mol. The monoisotopic (exact) mass is 336 g/mol. The molecule has 25 heavy (non-hydrogen) atoms. The normalized spacial score (nSPS) is 18.0. The predicted octanol–water partition coefficient (Wildman–Crippen LogP) is 2.63. The molecule has 2 aromatic carbocycles. The molecule has 0 aromatic heterocycles. The maximum Gasteiger partial charge on any atom is 0.223 e. The Labute approximate surface area is 148 Å². The summed E-state index contributed by atoms with van der Waals surface area (Å²) < 4.78 is 0. The molecular weight excluding hydrogens is 312 g/mol. The zero-order chi connectivity index (χ0) is 17.8. The second kappa shape index (κ2) is 7.38. The average Bonchev–Trinajstić information content (AvgIpc) is 2.97. The van der Waals surface area contributed by atoms with Crippen LogP contribution in [0.25, 0.3) is 0 Å². The number of carbonyl (C=O) groups is 1. The molecule has 5 heteroatoms. The Morgan fingerprint density at radius 2 is 1.76 bits per heavy atom. The molecule has 0 aliphatic carbocycles. The van der Waals surface area contributed by atoms with Crippen molar-refractivity contribution in [1.29, 1.82) is 0 Å². The quantitative estimate of drug-likeness (QED) is 0.500. The highest BCUT2D eigenvalue weighted by molar-refractivity contribution is 5.93. The molecule has 1 heterocycles. The first-order chi connectivity index (χ1) is 12.0. The first-order valence-electron chi connectivity index (χ1n) is 8.52. The number of carbonyl (C=O) groups excluding carboxylic acids is 1. The summed E-state index contributed by atoms with van der Waals surface area (Å²) in [6.07, 6.45) is 1.25. The van der Waals surface area contributed by atoms with Crippen LogP contribution in [0.5, 0.6) is 0 Å². The fraction of sp³-hybridized carbons (Fsp3) is 0.300. The molecule has 5 nitrogen and oxygen atoms in total. The summed E-state index contributed by atoms with van der Waals surface area (Å²) >= 11 is 0. The van der Waals surface area contributed by atoms with Crippen molar-refractivity contribution >= 4 is 17.4 Å². The van der Waals surface area contributed by atoms with Gasteiger partial charge in [-0.25, -0.2) is 0 Å². The molecule has 4 N–H and O–H groups in total. The van der Waals surface area contributed by atoms with E-state index < -0.39 is 0 Å². The van der Waals surface area contributed by atoms with Gasteiger partial charge in [-0.05, 0) is 36.6 Å². The van der Waals surface area contributed by atoms with Gasteiger partial charge in [-0.15, -0.1) is 0 Å². The number of likely N-dealkylation sites (tertiary alicyclic amines) is 1. The van der Waals surface area contributed by atoms with Gasteiger partial charge in [0.2, 0.25) is 5.91 Å². The Morgan fingerprint density at radius 3 is 2.44 bits per heavy atom. The van der Waals surface area contributed by atoms with Gasteiger partial charge in [-0.3, -0.25) is 9.79 Å². The average molecular weight is 336 g/mol. The Hall–Kier alpha value is -2.82. The SMILES string of the molecule is Cc1ccc(CN2C(=O)CC[C@H]2C(N)=NCc2ccc(N)cc2)cc1. The third-order valence-corrected chi connectivity index (χ3v) is 4.57. The highest BCUT2D eigenvalue weighted by atomic mass is 16.2. The highest BCUT2D eigenvalue weighted by Gasteiger charge is 2.33. The molecule has 1 atom stereocenters. The highest BCUT2D eigenvalue weighted by Crippen LogP contribution is 2.22.